The normalized spacial score (nSPS) is 21.3. The van der Waals surface area contributed by atoms with Gasteiger partial charge in [0.1, 0.15) is 5.82 Å². The molecule has 0 saturated heterocycles. The highest BCUT2D eigenvalue weighted by molar-refractivity contribution is 7.99. The zero-order valence-corrected chi connectivity index (χ0v) is 14.0. The topological polar surface area (TPSA) is 58.4 Å². The molecule has 2 atom stereocenters. The van der Waals surface area contributed by atoms with E-state index < -0.39 is 5.82 Å². The van der Waals surface area contributed by atoms with Gasteiger partial charge < -0.3 is 16.0 Å². The fourth-order valence-corrected chi connectivity index (χ4v) is 3.63. The van der Waals surface area contributed by atoms with Gasteiger partial charge in [0.15, 0.2) is 0 Å². The van der Waals surface area contributed by atoms with Crippen molar-refractivity contribution in [2.24, 2.45) is 0 Å². The SMILES string of the molecule is CS[C@@H]1CC[C@@H](N(C)CCC(=O)Nc2cc(N)ccc2F)C1. The maximum absolute atomic E-state index is 13.6. The summed E-state index contributed by atoms with van der Waals surface area (Å²) in [6.45, 7) is 0.682. The van der Waals surface area contributed by atoms with Gasteiger partial charge in [0.05, 0.1) is 5.69 Å². The Morgan fingerprint density at radius 2 is 2.27 bits per heavy atom. The van der Waals surface area contributed by atoms with Gasteiger partial charge in [-0.15, -0.1) is 0 Å². The number of nitrogens with zero attached hydrogens (tertiary/aromatic N) is 1. The van der Waals surface area contributed by atoms with Crippen molar-refractivity contribution in [3.05, 3.63) is 24.0 Å². The highest BCUT2D eigenvalue weighted by Crippen LogP contribution is 2.30. The van der Waals surface area contributed by atoms with Gasteiger partial charge in [0.2, 0.25) is 5.91 Å². The lowest BCUT2D eigenvalue weighted by Crippen LogP contribution is -2.32. The smallest absolute Gasteiger partial charge is 0.225 e. The minimum absolute atomic E-state index is 0.149. The first kappa shape index (κ1) is 17.1. The standard InChI is InChI=1S/C16H24FN3OS/c1-20(12-4-5-13(10-12)22-2)8-7-16(21)19-15-9-11(18)3-6-14(15)17/h3,6,9,12-13H,4-5,7-8,10,18H2,1-2H3,(H,19,21)/t12-,13-/m1/s1. The van der Waals surface area contributed by atoms with E-state index in [1.165, 1.54) is 37.5 Å². The summed E-state index contributed by atoms with van der Waals surface area (Å²) in [4.78, 5) is 14.2. The van der Waals surface area contributed by atoms with Crippen molar-refractivity contribution in [3.8, 4) is 0 Å². The fourth-order valence-electron chi connectivity index (χ4n) is 2.84. The molecular formula is C16H24FN3OS. The second kappa shape index (κ2) is 7.83. The van der Waals surface area contributed by atoms with E-state index in [-0.39, 0.29) is 11.6 Å². The van der Waals surface area contributed by atoms with Crippen molar-refractivity contribution in [1.82, 2.24) is 4.90 Å². The zero-order chi connectivity index (χ0) is 16.1. The highest BCUT2D eigenvalue weighted by Gasteiger charge is 2.26. The van der Waals surface area contributed by atoms with Gasteiger partial charge in [0.25, 0.3) is 0 Å². The van der Waals surface area contributed by atoms with Crippen molar-refractivity contribution in [2.75, 3.05) is 30.9 Å². The number of amides is 1. The Bertz CT molecular complexity index is 526. The average molecular weight is 325 g/mol. The second-order valence-electron chi connectivity index (χ2n) is 5.84. The quantitative estimate of drug-likeness (QED) is 0.790. The lowest BCUT2D eigenvalue weighted by molar-refractivity contribution is -0.116. The molecule has 0 aliphatic heterocycles. The predicted octanol–water partition coefficient (Wildman–Crippen LogP) is 2.95. The van der Waals surface area contributed by atoms with Gasteiger partial charge in [-0.05, 0) is 50.8 Å². The van der Waals surface area contributed by atoms with Crippen LogP contribution in [0.25, 0.3) is 0 Å². The Balaban J connectivity index is 1.79. The summed E-state index contributed by atoms with van der Waals surface area (Å²) in [5.41, 5.74) is 6.19. The van der Waals surface area contributed by atoms with Crippen LogP contribution >= 0.6 is 11.8 Å². The maximum atomic E-state index is 13.6. The van der Waals surface area contributed by atoms with Gasteiger partial charge in [-0.3, -0.25) is 4.79 Å². The fraction of sp³-hybridized carbons (Fsp3) is 0.562. The Kier molecular flexibility index (Phi) is 6.08. The number of nitrogens with one attached hydrogen (secondary N) is 1. The molecule has 1 aromatic carbocycles. The summed E-state index contributed by atoms with van der Waals surface area (Å²) >= 11 is 1.92. The Morgan fingerprint density at radius 3 is 2.95 bits per heavy atom. The largest absolute Gasteiger partial charge is 0.399 e. The van der Waals surface area contributed by atoms with Crippen LogP contribution in [-0.4, -0.2) is 41.9 Å². The lowest BCUT2D eigenvalue weighted by atomic mass is 10.2. The third-order valence-corrected chi connectivity index (χ3v) is 5.36. The first-order valence-corrected chi connectivity index (χ1v) is 8.86. The Morgan fingerprint density at radius 1 is 1.50 bits per heavy atom. The molecule has 0 unspecified atom stereocenters. The first-order chi connectivity index (χ1) is 10.5. The van der Waals surface area contributed by atoms with E-state index in [1.54, 1.807) is 0 Å². The highest BCUT2D eigenvalue weighted by atomic mass is 32.2. The molecule has 2 rings (SSSR count). The summed E-state index contributed by atoms with van der Waals surface area (Å²) in [6, 6.07) is 4.73. The van der Waals surface area contributed by atoms with Crippen molar-refractivity contribution in [1.29, 1.82) is 0 Å². The number of carbonyl (C=O) groups excluding carboxylic acids is 1. The van der Waals surface area contributed by atoms with Crippen LogP contribution in [0.3, 0.4) is 0 Å². The third-order valence-electron chi connectivity index (χ3n) is 4.27. The van der Waals surface area contributed by atoms with E-state index in [1.807, 2.05) is 11.8 Å². The van der Waals surface area contributed by atoms with Crippen LogP contribution in [0.5, 0.6) is 0 Å². The number of halogens is 1. The summed E-state index contributed by atoms with van der Waals surface area (Å²) in [5, 5.41) is 3.33. The molecule has 1 aliphatic carbocycles. The summed E-state index contributed by atoms with van der Waals surface area (Å²) < 4.78 is 13.6. The predicted molar refractivity (Wildman–Crippen MR) is 91.6 cm³/mol. The van der Waals surface area contributed by atoms with Crippen LogP contribution in [0, 0.1) is 5.82 Å². The molecule has 0 heterocycles. The molecule has 1 amide bonds. The molecule has 0 radical (unpaired) electrons. The number of rotatable bonds is 6. The van der Waals surface area contributed by atoms with E-state index in [9.17, 15) is 9.18 Å². The maximum Gasteiger partial charge on any atom is 0.225 e. The van der Waals surface area contributed by atoms with Gasteiger partial charge >= 0.3 is 0 Å². The van der Waals surface area contributed by atoms with Crippen LogP contribution < -0.4 is 11.1 Å². The molecule has 122 valence electrons. The molecule has 0 spiro atoms. The van der Waals surface area contributed by atoms with Gasteiger partial charge in [0, 0.05) is 29.9 Å². The number of benzene rings is 1. The molecule has 1 aromatic rings. The minimum atomic E-state index is -0.463. The van der Waals surface area contributed by atoms with Gasteiger partial charge in [-0.25, -0.2) is 4.39 Å². The Hall–Kier alpha value is -1.27. The number of nitrogen functional groups attached to an aromatic ring is 1. The molecule has 1 aliphatic rings. The van der Waals surface area contributed by atoms with E-state index in [2.05, 4.69) is 23.5 Å². The number of hydrogen-bond donors (Lipinski definition) is 2. The zero-order valence-electron chi connectivity index (χ0n) is 13.1. The minimum Gasteiger partial charge on any atom is -0.399 e. The Labute approximate surface area is 135 Å². The third kappa shape index (κ3) is 4.61. The summed E-state index contributed by atoms with van der Waals surface area (Å²) in [5.74, 6) is -0.648. The number of nitrogens with two attached hydrogens (primary N) is 1. The van der Waals surface area contributed by atoms with E-state index in [0.29, 0.717) is 24.7 Å². The number of carbonyl (C=O) groups is 1. The number of thioether (sulfide) groups is 1. The molecule has 1 saturated carbocycles. The number of hydrogen-bond acceptors (Lipinski definition) is 4. The van der Waals surface area contributed by atoms with Gasteiger partial charge in [-0.2, -0.15) is 11.8 Å². The average Bonchev–Trinajstić information content (AvgIpc) is 2.97. The van der Waals surface area contributed by atoms with Crippen LogP contribution in [0.1, 0.15) is 25.7 Å². The second-order valence-corrected chi connectivity index (χ2v) is 6.98. The molecule has 3 N–H and O–H groups in total. The van der Waals surface area contributed by atoms with Crippen LogP contribution in [0.4, 0.5) is 15.8 Å². The lowest BCUT2D eigenvalue weighted by Gasteiger charge is -2.24. The molecular weight excluding hydrogens is 301 g/mol. The molecule has 22 heavy (non-hydrogen) atoms. The van der Waals surface area contributed by atoms with Crippen LogP contribution in [0.2, 0.25) is 0 Å². The van der Waals surface area contributed by atoms with Crippen molar-refractivity contribution in [2.45, 2.75) is 37.0 Å². The molecule has 6 heteroatoms. The molecule has 4 nitrogen and oxygen atoms in total. The summed E-state index contributed by atoms with van der Waals surface area (Å²) in [7, 11) is 2.06. The van der Waals surface area contributed by atoms with Crippen molar-refractivity contribution >= 4 is 29.0 Å². The van der Waals surface area contributed by atoms with Crippen LogP contribution in [-0.2, 0) is 4.79 Å². The van der Waals surface area contributed by atoms with Crippen LogP contribution in [0.15, 0.2) is 18.2 Å². The number of anilines is 2. The first-order valence-electron chi connectivity index (χ1n) is 7.57. The van der Waals surface area contributed by atoms with E-state index in [0.717, 1.165) is 5.25 Å². The van der Waals surface area contributed by atoms with Gasteiger partial charge in [-0.1, -0.05) is 0 Å². The van der Waals surface area contributed by atoms with Crippen molar-refractivity contribution < 1.29 is 9.18 Å². The molecule has 0 aromatic heterocycles. The molecule has 0 bridgehead atoms. The molecule has 1 fully saturated rings. The van der Waals surface area contributed by atoms with E-state index >= 15 is 0 Å². The van der Waals surface area contributed by atoms with E-state index in [4.69, 9.17) is 5.73 Å². The monoisotopic (exact) mass is 325 g/mol. The van der Waals surface area contributed by atoms with Crippen molar-refractivity contribution in [3.63, 3.8) is 0 Å². The summed E-state index contributed by atoms with van der Waals surface area (Å²) in [6.07, 6.45) is 6.12.